The SMILES string of the molecule is CC(C)CC(=O)N(Cc1ccccc1Cl)C[C@H]1CC(c2cccnc2)=NO1. The zero-order valence-electron chi connectivity index (χ0n) is 15.6. The molecule has 1 aliphatic rings. The summed E-state index contributed by atoms with van der Waals surface area (Å²) in [4.78, 5) is 24.3. The van der Waals surface area contributed by atoms with Gasteiger partial charge in [-0.05, 0) is 29.7 Å². The predicted octanol–water partition coefficient (Wildman–Crippen LogP) is 4.30. The summed E-state index contributed by atoms with van der Waals surface area (Å²) >= 11 is 6.30. The number of aromatic nitrogens is 1. The van der Waals surface area contributed by atoms with Gasteiger partial charge in [-0.25, -0.2) is 0 Å². The van der Waals surface area contributed by atoms with E-state index in [0.717, 1.165) is 16.8 Å². The van der Waals surface area contributed by atoms with E-state index in [1.165, 1.54) is 0 Å². The van der Waals surface area contributed by atoms with Crippen molar-refractivity contribution < 1.29 is 9.63 Å². The van der Waals surface area contributed by atoms with Gasteiger partial charge in [0.25, 0.3) is 0 Å². The number of rotatable bonds is 7. The maximum atomic E-state index is 12.8. The van der Waals surface area contributed by atoms with Gasteiger partial charge in [0.2, 0.25) is 5.91 Å². The van der Waals surface area contributed by atoms with Gasteiger partial charge in [0, 0.05) is 42.4 Å². The Morgan fingerprint density at radius 1 is 1.30 bits per heavy atom. The highest BCUT2D eigenvalue weighted by Crippen LogP contribution is 2.22. The van der Waals surface area contributed by atoms with Crippen LogP contribution in [-0.4, -0.2) is 34.2 Å². The first-order valence-electron chi connectivity index (χ1n) is 9.17. The van der Waals surface area contributed by atoms with Crippen LogP contribution in [0.2, 0.25) is 5.02 Å². The van der Waals surface area contributed by atoms with Crippen molar-refractivity contribution in [2.75, 3.05) is 6.54 Å². The summed E-state index contributed by atoms with van der Waals surface area (Å²) in [6.45, 7) is 5.03. The van der Waals surface area contributed by atoms with Gasteiger partial charge in [0.1, 0.15) is 0 Å². The normalized spacial score (nSPS) is 16.1. The fraction of sp³-hybridized carbons (Fsp3) is 0.381. The van der Waals surface area contributed by atoms with Crippen molar-refractivity contribution in [1.82, 2.24) is 9.88 Å². The van der Waals surface area contributed by atoms with E-state index >= 15 is 0 Å². The molecule has 0 unspecified atom stereocenters. The molecule has 0 aliphatic carbocycles. The molecule has 0 N–H and O–H groups in total. The summed E-state index contributed by atoms with van der Waals surface area (Å²) in [7, 11) is 0. The highest BCUT2D eigenvalue weighted by Gasteiger charge is 2.27. The Hall–Kier alpha value is -2.40. The third-order valence-corrected chi connectivity index (χ3v) is 4.78. The Labute approximate surface area is 165 Å². The molecule has 0 bridgehead atoms. The van der Waals surface area contributed by atoms with Gasteiger partial charge in [0.05, 0.1) is 12.3 Å². The minimum Gasteiger partial charge on any atom is -0.390 e. The first kappa shape index (κ1) is 19.4. The number of hydrogen-bond acceptors (Lipinski definition) is 4. The number of hydrogen-bond donors (Lipinski definition) is 0. The second-order valence-electron chi connectivity index (χ2n) is 7.17. The van der Waals surface area contributed by atoms with Gasteiger partial charge in [-0.3, -0.25) is 9.78 Å². The van der Waals surface area contributed by atoms with Crippen molar-refractivity contribution in [2.24, 2.45) is 11.1 Å². The van der Waals surface area contributed by atoms with Crippen molar-refractivity contribution in [1.29, 1.82) is 0 Å². The van der Waals surface area contributed by atoms with Gasteiger partial charge in [0.15, 0.2) is 6.10 Å². The van der Waals surface area contributed by atoms with E-state index in [0.29, 0.717) is 31.0 Å². The second kappa shape index (κ2) is 9.00. The van der Waals surface area contributed by atoms with Crippen LogP contribution in [0.3, 0.4) is 0 Å². The quantitative estimate of drug-likeness (QED) is 0.713. The lowest BCUT2D eigenvalue weighted by atomic mass is 10.1. The van der Waals surface area contributed by atoms with E-state index in [1.54, 1.807) is 12.4 Å². The van der Waals surface area contributed by atoms with Gasteiger partial charge in [-0.1, -0.05) is 48.8 Å². The van der Waals surface area contributed by atoms with Crippen molar-refractivity contribution in [2.45, 2.75) is 39.3 Å². The Kier molecular flexibility index (Phi) is 6.45. The molecule has 0 saturated carbocycles. The predicted molar refractivity (Wildman–Crippen MR) is 107 cm³/mol. The van der Waals surface area contributed by atoms with E-state index in [4.69, 9.17) is 16.4 Å². The molecule has 3 rings (SSSR count). The molecule has 6 heteroatoms. The standard InChI is InChI=1S/C21H24ClN3O2/c1-15(2)10-21(26)25(13-17-6-3-4-8-19(17)22)14-18-11-20(24-27-18)16-7-5-9-23-12-16/h3-9,12,15,18H,10-11,13-14H2,1-2H3/t18-/m1/s1. The Balaban J connectivity index is 1.68. The van der Waals surface area contributed by atoms with Crippen LogP contribution in [0.1, 0.15) is 37.8 Å². The summed E-state index contributed by atoms with van der Waals surface area (Å²) in [6, 6.07) is 11.5. The van der Waals surface area contributed by atoms with E-state index in [9.17, 15) is 4.79 Å². The number of pyridine rings is 1. The van der Waals surface area contributed by atoms with Crippen LogP contribution in [0.15, 0.2) is 53.9 Å². The van der Waals surface area contributed by atoms with Crippen LogP contribution < -0.4 is 0 Å². The first-order chi connectivity index (χ1) is 13.0. The van der Waals surface area contributed by atoms with Crippen LogP contribution in [0.25, 0.3) is 0 Å². The summed E-state index contributed by atoms with van der Waals surface area (Å²) in [5.74, 6) is 0.390. The van der Waals surface area contributed by atoms with Crippen LogP contribution in [0.4, 0.5) is 0 Å². The first-order valence-corrected chi connectivity index (χ1v) is 9.55. The molecule has 142 valence electrons. The molecule has 0 fully saturated rings. The molecular weight excluding hydrogens is 362 g/mol. The largest absolute Gasteiger partial charge is 0.390 e. The van der Waals surface area contributed by atoms with Crippen LogP contribution >= 0.6 is 11.6 Å². The molecule has 0 radical (unpaired) electrons. The molecule has 5 nitrogen and oxygen atoms in total. The van der Waals surface area contributed by atoms with Crippen molar-refractivity contribution >= 4 is 23.2 Å². The molecular formula is C21H24ClN3O2. The van der Waals surface area contributed by atoms with Crippen molar-refractivity contribution in [3.05, 3.63) is 64.9 Å². The molecule has 0 spiro atoms. The Morgan fingerprint density at radius 3 is 2.81 bits per heavy atom. The van der Waals surface area contributed by atoms with Crippen LogP contribution in [-0.2, 0) is 16.2 Å². The Morgan fingerprint density at radius 2 is 2.11 bits per heavy atom. The molecule has 27 heavy (non-hydrogen) atoms. The average Bonchev–Trinajstić information content (AvgIpc) is 3.12. The zero-order valence-corrected chi connectivity index (χ0v) is 16.4. The van der Waals surface area contributed by atoms with E-state index in [1.807, 2.05) is 55.1 Å². The summed E-state index contributed by atoms with van der Waals surface area (Å²) in [6.07, 6.45) is 4.48. The summed E-state index contributed by atoms with van der Waals surface area (Å²) < 4.78 is 0. The van der Waals surface area contributed by atoms with Gasteiger partial charge in [-0.15, -0.1) is 0 Å². The summed E-state index contributed by atoms with van der Waals surface area (Å²) in [5, 5.41) is 4.86. The minimum atomic E-state index is -0.168. The van der Waals surface area contributed by atoms with E-state index < -0.39 is 0 Å². The van der Waals surface area contributed by atoms with Gasteiger partial charge < -0.3 is 9.74 Å². The lowest BCUT2D eigenvalue weighted by Crippen LogP contribution is -2.37. The van der Waals surface area contributed by atoms with E-state index in [2.05, 4.69) is 10.1 Å². The molecule has 2 heterocycles. The van der Waals surface area contributed by atoms with Crippen molar-refractivity contribution in [3.63, 3.8) is 0 Å². The second-order valence-corrected chi connectivity index (χ2v) is 7.58. The molecule has 1 aromatic heterocycles. The van der Waals surface area contributed by atoms with Gasteiger partial charge in [-0.2, -0.15) is 0 Å². The lowest BCUT2D eigenvalue weighted by Gasteiger charge is -2.26. The topological polar surface area (TPSA) is 54.8 Å². The van der Waals surface area contributed by atoms with Crippen LogP contribution in [0, 0.1) is 5.92 Å². The smallest absolute Gasteiger partial charge is 0.223 e. The molecule has 1 amide bonds. The number of carbonyl (C=O) groups is 1. The molecule has 1 atom stereocenters. The fourth-order valence-corrected chi connectivity index (χ4v) is 3.24. The summed E-state index contributed by atoms with van der Waals surface area (Å²) in [5.41, 5.74) is 2.75. The minimum absolute atomic E-state index is 0.100. The number of carbonyl (C=O) groups excluding carboxylic acids is 1. The monoisotopic (exact) mass is 385 g/mol. The fourth-order valence-electron chi connectivity index (χ4n) is 3.04. The van der Waals surface area contributed by atoms with E-state index in [-0.39, 0.29) is 17.9 Å². The lowest BCUT2D eigenvalue weighted by molar-refractivity contribution is -0.134. The number of nitrogens with zero attached hydrogens (tertiary/aromatic N) is 3. The molecule has 1 aromatic carbocycles. The maximum absolute atomic E-state index is 12.8. The molecule has 1 aliphatic heterocycles. The molecule has 0 saturated heterocycles. The van der Waals surface area contributed by atoms with Crippen LogP contribution in [0.5, 0.6) is 0 Å². The highest BCUT2D eigenvalue weighted by molar-refractivity contribution is 6.31. The maximum Gasteiger partial charge on any atom is 0.223 e. The zero-order chi connectivity index (χ0) is 19.2. The third-order valence-electron chi connectivity index (χ3n) is 4.41. The number of halogens is 1. The molecule has 2 aromatic rings. The average molecular weight is 386 g/mol. The number of amides is 1. The van der Waals surface area contributed by atoms with Crippen molar-refractivity contribution in [3.8, 4) is 0 Å². The third kappa shape index (κ3) is 5.30. The number of oxime groups is 1. The van der Waals surface area contributed by atoms with Gasteiger partial charge >= 0.3 is 0 Å². The number of benzene rings is 1. The highest BCUT2D eigenvalue weighted by atomic mass is 35.5. The Bertz CT molecular complexity index is 808.